The predicted molar refractivity (Wildman–Crippen MR) is 75.4 cm³/mol. The summed E-state index contributed by atoms with van der Waals surface area (Å²) in [6, 6.07) is 11.3. The number of anilines is 1. The summed E-state index contributed by atoms with van der Waals surface area (Å²) in [5.74, 6) is 0.583. The van der Waals surface area contributed by atoms with Crippen molar-refractivity contribution in [1.29, 1.82) is 0 Å². The van der Waals surface area contributed by atoms with Gasteiger partial charge >= 0.3 is 0 Å². The number of rotatable bonds is 5. The van der Waals surface area contributed by atoms with Gasteiger partial charge in [-0.1, -0.05) is 24.3 Å². The number of hydrogen-bond acceptors (Lipinski definition) is 4. The summed E-state index contributed by atoms with van der Waals surface area (Å²) in [5, 5.41) is 0. The highest BCUT2D eigenvalue weighted by molar-refractivity contribution is 5.83. The van der Waals surface area contributed by atoms with Crippen molar-refractivity contribution >= 4 is 11.6 Å². The molecule has 0 aliphatic heterocycles. The van der Waals surface area contributed by atoms with Crippen molar-refractivity contribution in [2.75, 3.05) is 5.73 Å². The molecule has 4 heteroatoms. The Balaban J connectivity index is 2.05. The van der Waals surface area contributed by atoms with Crippen molar-refractivity contribution in [1.82, 2.24) is 4.98 Å². The number of Topliss-reactive ketones (excluding diaryl/α,β-unsaturated/α-hetero) is 1. The fourth-order valence-corrected chi connectivity index (χ4v) is 2.04. The number of carbonyl (C=O) groups excluding carboxylic acids is 1. The molecule has 0 bridgehead atoms. The van der Waals surface area contributed by atoms with Crippen LogP contribution in [0, 0.1) is 0 Å². The van der Waals surface area contributed by atoms with E-state index >= 15 is 0 Å². The largest absolute Gasteiger partial charge is 0.384 e. The van der Waals surface area contributed by atoms with Crippen LogP contribution in [0.15, 0.2) is 42.6 Å². The van der Waals surface area contributed by atoms with Gasteiger partial charge in [-0.25, -0.2) is 4.98 Å². The number of nitrogen functional groups attached to an aromatic ring is 1. The van der Waals surface area contributed by atoms with E-state index in [4.69, 9.17) is 11.5 Å². The third-order valence-electron chi connectivity index (χ3n) is 2.97. The minimum Gasteiger partial charge on any atom is -0.384 e. The molecule has 0 atom stereocenters. The van der Waals surface area contributed by atoms with Gasteiger partial charge in [0.05, 0.1) is 0 Å². The van der Waals surface area contributed by atoms with E-state index in [9.17, 15) is 4.79 Å². The molecular weight excluding hydrogens is 238 g/mol. The Hall–Kier alpha value is -2.20. The van der Waals surface area contributed by atoms with Crippen LogP contribution in [0.5, 0.6) is 0 Å². The highest BCUT2D eigenvalue weighted by Crippen LogP contribution is 2.11. The van der Waals surface area contributed by atoms with Gasteiger partial charge in [-0.15, -0.1) is 0 Å². The summed E-state index contributed by atoms with van der Waals surface area (Å²) in [5.41, 5.74) is 14.2. The Morgan fingerprint density at radius 3 is 2.53 bits per heavy atom. The molecule has 0 unspecified atom stereocenters. The molecule has 2 rings (SSSR count). The summed E-state index contributed by atoms with van der Waals surface area (Å²) in [7, 11) is 0. The second-order valence-corrected chi connectivity index (χ2v) is 4.45. The third-order valence-corrected chi connectivity index (χ3v) is 2.97. The number of benzene rings is 1. The Morgan fingerprint density at radius 2 is 1.84 bits per heavy atom. The summed E-state index contributed by atoms with van der Waals surface area (Å²) < 4.78 is 0. The van der Waals surface area contributed by atoms with Gasteiger partial charge in [-0.05, 0) is 28.8 Å². The monoisotopic (exact) mass is 255 g/mol. The lowest BCUT2D eigenvalue weighted by atomic mass is 9.99. The average molecular weight is 255 g/mol. The molecule has 4 N–H and O–H groups in total. The van der Waals surface area contributed by atoms with Gasteiger partial charge in [-0.3, -0.25) is 4.79 Å². The number of carbonyl (C=O) groups is 1. The second-order valence-electron chi connectivity index (χ2n) is 4.45. The van der Waals surface area contributed by atoms with E-state index in [0.717, 1.165) is 16.7 Å². The highest BCUT2D eigenvalue weighted by Gasteiger charge is 2.08. The predicted octanol–water partition coefficient (Wildman–Crippen LogP) is 1.48. The molecule has 0 radical (unpaired) electrons. The molecular formula is C15H17N3O. The standard InChI is InChI=1S/C15H17N3O/c16-10-13-4-2-1-3-12(13)9-14(19)7-11-5-6-18-15(17)8-11/h1-6,8H,7,9-10,16H2,(H2,17,18). The van der Waals surface area contributed by atoms with Crippen LogP contribution < -0.4 is 11.5 Å². The van der Waals surface area contributed by atoms with Gasteiger partial charge in [-0.2, -0.15) is 0 Å². The number of pyridine rings is 1. The normalized spacial score (nSPS) is 10.4. The van der Waals surface area contributed by atoms with Crippen LogP contribution >= 0.6 is 0 Å². The fraction of sp³-hybridized carbons (Fsp3) is 0.200. The van der Waals surface area contributed by atoms with Crippen molar-refractivity contribution in [2.45, 2.75) is 19.4 Å². The number of aromatic nitrogens is 1. The van der Waals surface area contributed by atoms with Crippen LogP contribution in [-0.2, 0) is 24.2 Å². The molecule has 0 aliphatic carbocycles. The second kappa shape index (κ2) is 6.11. The molecule has 98 valence electrons. The van der Waals surface area contributed by atoms with Crippen LogP contribution in [0.1, 0.15) is 16.7 Å². The SMILES string of the molecule is NCc1ccccc1CC(=O)Cc1ccnc(N)c1. The molecule has 0 fully saturated rings. The maximum Gasteiger partial charge on any atom is 0.141 e. The number of nitrogens with two attached hydrogens (primary N) is 2. The van der Waals surface area contributed by atoms with Crippen LogP contribution in [0.25, 0.3) is 0 Å². The first kappa shape index (κ1) is 13.2. The topological polar surface area (TPSA) is 82.0 Å². The van der Waals surface area contributed by atoms with Crippen LogP contribution in [0.2, 0.25) is 0 Å². The third kappa shape index (κ3) is 3.63. The maximum atomic E-state index is 12.1. The summed E-state index contributed by atoms with van der Waals surface area (Å²) >= 11 is 0. The van der Waals surface area contributed by atoms with Gasteiger partial charge in [0.1, 0.15) is 11.6 Å². The van der Waals surface area contributed by atoms with Crippen molar-refractivity contribution in [3.8, 4) is 0 Å². The van der Waals surface area contributed by atoms with Gasteiger partial charge < -0.3 is 11.5 Å². The molecule has 0 spiro atoms. The van der Waals surface area contributed by atoms with E-state index < -0.39 is 0 Å². The van der Waals surface area contributed by atoms with E-state index in [0.29, 0.717) is 25.2 Å². The summed E-state index contributed by atoms with van der Waals surface area (Å²) in [6.07, 6.45) is 2.38. The van der Waals surface area contributed by atoms with Crippen LogP contribution in [-0.4, -0.2) is 10.8 Å². The van der Waals surface area contributed by atoms with Crippen molar-refractivity contribution < 1.29 is 4.79 Å². The lowest BCUT2D eigenvalue weighted by Crippen LogP contribution is -2.10. The van der Waals surface area contributed by atoms with Gasteiger partial charge in [0.15, 0.2) is 0 Å². The molecule has 1 heterocycles. The van der Waals surface area contributed by atoms with Crippen molar-refractivity contribution in [3.63, 3.8) is 0 Å². The first-order valence-electron chi connectivity index (χ1n) is 6.18. The van der Waals surface area contributed by atoms with E-state index in [2.05, 4.69) is 4.98 Å². The Bertz CT molecular complexity index is 581. The molecule has 19 heavy (non-hydrogen) atoms. The summed E-state index contributed by atoms with van der Waals surface area (Å²) in [4.78, 5) is 16.0. The minimum atomic E-state index is 0.145. The first-order valence-corrected chi connectivity index (χ1v) is 6.18. The molecule has 1 aromatic carbocycles. The van der Waals surface area contributed by atoms with Gasteiger partial charge in [0.2, 0.25) is 0 Å². The molecule has 2 aromatic rings. The molecule has 1 aromatic heterocycles. The molecule has 0 saturated heterocycles. The highest BCUT2D eigenvalue weighted by atomic mass is 16.1. The molecule has 4 nitrogen and oxygen atoms in total. The van der Waals surface area contributed by atoms with Gasteiger partial charge in [0, 0.05) is 25.6 Å². The first-order chi connectivity index (χ1) is 9.19. The zero-order valence-electron chi connectivity index (χ0n) is 10.7. The maximum absolute atomic E-state index is 12.1. The molecule has 0 saturated carbocycles. The van der Waals surface area contributed by atoms with E-state index in [-0.39, 0.29) is 5.78 Å². The lowest BCUT2D eigenvalue weighted by Gasteiger charge is -2.07. The molecule has 0 aliphatic rings. The van der Waals surface area contributed by atoms with Crippen LogP contribution in [0.4, 0.5) is 5.82 Å². The quantitative estimate of drug-likeness (QED) is 0.847. The van der Waals surface area contributed by atoms with E-state index in [1.165, 1.54) is 0 Å². The zero-order chi connectivity index (χ0) is 13.7. The summed E-state index contributed by atoms with van der Waals surface area (Å²) in [6.45, 7) is 0.450. The fourth-order valence-electron chi connectivity index (χ4n) is 2.04. The van der Waals surface area contributed by atoms with Gasteiger partial charge in [0.25, 0.3) is 0 Å². The average Bonchev–Trinajstić information content (AvgIpc) is 2.39. The van der Waals surface area contributed by atoms with E-state index in [1.807, 2.05) is 30.3 Å². The zero-order valence-corrected chi connectivity index (χ0v) is 10.7. The van der Waals surface area contributed by atoms with Crippen LogP contribution in [0.3, 0.4) is 0 Å². The number of nitrogens with zero attached hydrogens (tertiary/aromatic N) is 1. The van der Waals surface area contributed by atoms with E-state index in [1.54, 1.807) is 12.3 Å². The minimum absolute atomic E-state index is 0.145. The Morgan fingerprint density at radius 1 is 1.11 bits per heavy atom. The Kier molecular flexibility index (Phi) is 4.26. The number of hydrogen-bond donors (Lipinski definition) is 2. The van der Waals surface area contributed by atoms with Crippen molar-refractivity contribution in [3.05, 3.63) is 59.3 Å². The lowest BCUT2D eigenvalue weighted by molar-refractivity contribution is -0.117. The molecule has 0 amide bonds. The number of ketones is 1. The van der Waals surface area contributed by atoms with Crippen molar-refractivity contribution in [2.24, 2.45) is 5.73 Å². The Labute approximate surface area is 112 Å². The smallest absolute Gasteiger partial charge is 0.141 e.